The molecule has 1 aliphatic rings. The Balaban J connectivity index is 1.47. The van der Waals surface area contributed by atoms with Crippen molar-refractivity contribution in [3.63, 3.8) is 0 Å². The van der Waals surface area contributed by atoms with Gasteiger partial charge in [0.05, 0.1) is 11.7 Å². The van der Waals surface area contributed by atoms with Crippen molar-refractivity contribution in [1.82, 2.24) is 9.55 Å². The predicted molar refractivity (Wildman–Crippen MR) is 114 cm³/mol. The zero-order chi connectivity index (χ0) is 19.3. The van der Waals surface area contributed by atoms with E-state index in [1.807, 2.05) is 22.9 Å². The van der Waals surface area contributed by atoms with Crippen LogP contribution in [0.1, 0.15) is 41.5 Å². The maximum absolute atomic E-state index is 12.6. The summed E-state index contributed by atoms with van der Waals surface area (Å²) >= 11 is 1.47. The zero-order valence-electron chi connectivity index (χ0n) is 15.5. The first-order chi connectivity index (χ1) is 13.8. The van der Waals surface area contributed by atoms with Crippen LogP contribution in [0.25, 0.3) is 0 Å². The molecule has 3 heterocycles. The van der Waals surface area contributed by atoms with E-state index < -0.39 is 0 Å². The summed E-state index contributed by atoms with van der Waals surface area (Å²) in [6.45, 7) is 1.65. The topological polar surface area (TPSA) is 50.2 Å². The summed E-state index contributed by atoms with van der Waals surface area (Å²) in [5.74, 6) is 2.45. The number of carbonyl (C=O) groups is 1. The number of para-hydroxylation sites is 1. The van der Waals surface area contributed by atoms with Gasteiger partial charge in [0.2, 0.25) is 0 Å². The van der Waals surface area contributed by atoms with Crippen LogP contribution in [0.2, 0.25) is 0 Å². The highest BCUT2D eigenvalue weighted by atomic mass is 32.1. The number of hydrogen-bond donors (Lipinski definition) is 1. The molecular weight excluding hydrogens is 368 g/mol. The lowest BCUT2D eigenvalue weighted by atomic mass is 10.1. The Morgan fingerprint density at radius 2 is 2.14 bits per heavy atom. The van der Waals surface area contributed by atoms with Crippen molar-refractivity contribution >= 4 is 28.1 Å². The van der Waals surface area contributed by atoms with E-state index in [2.05, 4.69) is 45.8 Å². The van der Waals surface area contributed by atoms with E-state index in [1.165, 1.54) is 17.0 Å². The van der Waals surface area contributed by atoms with Gasteiger partial charge in [-0.15, -0.1) is 23.7 Å². The van der Waals surface area contributed by atoms with Gasteiger partial charge < -0.3 is 9.47 Å². The Morgan fingerprint density at radius 1 is 1.29 bits per heavy atom. The number of nitrogens with zero attached hydrogens (tertiary/aromatic N) is 3. The number of rotatable bonds is 6. The third kappa shape index (κ3) is 3.80. The van der Waals surface area contributed by atoms with Gasteiger partial charge in [0.1, 0.15) is 5.69 Å². The number of benzene rings is 1. The SMILES string of the molecule is C#CCCn1cccc1C(=O)Nc1nc([C@H]2CCCN2c2ccccc2)cs1. The van der Waals surface area contributed by atoms with Gasteiger partial charge in [0, 0.05) is 36.8 Å². The number of nitrogens with one attached hydrogen (secondary N) is 1. The van der Waals surface area contributed by atoms with Crippen LogP contribution in [0.4, 0.5) is 10.8 Å². The molecule has 0 unspecified atom stereocenters. The summed E-state index contributed by atoms with van der Waals surface area (Å²) in [5, 5.41) is 5.62. The van der Waals surface area contributed by atoms with Crippen molar-refractivity contribution in [2.75, 3.05) is 16.8 Å². The lowest BCUT2D eigenvalue weighted by Gasteiger charge is -2.25. The maximum atomic E-state index is 12.6. The standard InChI is InChI=1S/C22H22N4OS/c1-2-3-13-25-14-7-12-20(25)21(27)24-22-23-18(16-28-22)19-11-8-15-26(19)17-9-5-4-6-10-17/h1,4-7,9-10,12,14,16,19H,3,8,11,13,15H2,(H,23,24,27)/t19-/m1/s1. The normalized spacial score (nSPS) is 16.1. The molecule has 142 valence electrons. The minimum atomic E-state index is -0.158. The number of aryl methyl sites for hydroxylation is 1. The lowest BCUT2D eigenvalue weighted by molar-refractivity contribution is 0.101. The van der Waals surface area contributed by atoms with Gasteiger partial charge in [0.25, 0.3) is 5.91 Å². The van der Waals surface area contributed by atoms with Gasteiger partial charge in [-0.2, -0.15) is 0 Å². The molecule has 1 saturated heterocycles. The molecule has 0 bridgehead atoms. The van der Waals surface area contributed by atoms with Crippen molar-refractivity contribution < 1.29 is 4.79 Å². The van der Waals surface area contributed by atoms with Crippen molar-refractivity contribution in [2.24, 2.45) is 0 Å². The van der Waals surface area contributed by atoms with Crippen LogP contribution < -0.4 is 10.2 Å². The summed E-state index contributed by atoms with van der Waals surface area (Å²) < 4.78 is 1.87. The van der Waals surface area contributed by atoms with E-state index >= 15 is 0 Å². The van der Waals surface area contributed by atoms with Crippen LogP contribution in [0.3, 0.4) is 0 Å². The van der Waals surface area contributed by atoms with E-state index in [-0.39, 0.29) is 11.9 Å². The van der Waals surface area contributed by atoms with Gasteiger partial charge in [-0.25, -0.2) is 4.98 Å². The van der Waals surface area contributed by atoms with Crippen molar-refractivity contribution in [2.45, 2.75) is 31.8 Å². The quantitative estimate of drug-likeness (QED) is 0.628. The van der Waals surface area contributed by atoms with Crippen LogP contribution >= 0.6 is 11.3 Å². The summed E-state index contributed by atoms with van der Waals surface area (Å²) in [6, 6.07) is 14.3. The van der Waals surface area contributed by atoms with E-state index in [9.17, 15) is 4.79 Å². The van der Waals surface area contributed by atoms with E-state index in [1.54, 1.807) is 6.07 Å². The predicted octanol–water partition coefficient (Wildman–Crippen LogP) is 4.56. The fourth-order valence-corrected chi connectivity index (χ4v) is 4.41. The summed E-state index contributed by atoms with van der Waals surface area (Å²) in [6.07, 6.45) is 10.0. The van der Waals surface area contributed by atoms with Crippen LogP contribution in [0.15, 0.2) is 54.0 Å². The van der Waals surface area contributed by atoms with Gasteiger partial charge in [-0.05, 0) is 37.1 Å². The molecule has 0 saturated carbocycles. The van der Waals surface area contributed by atoms with Gasteiger partial charge in [-0.1, -0.05) is 18.2 Å². The van der Waals surface area contributed by atoms with Crippen molar-refractivity contribution in [3.05, 3.63) is 65.4 Å². The number of thiazole rings is 1. The average Bonchev–Trinajstić information content (AvgIpc) is 3.46. The minimum Gasteiger partial charge on any atom is -0.363 e. The molecule has 1 aliphatic heterocycles. The first-order valence-corrected chi connectivity index (χ1v) is 10.3. The van der Waals surface area contributed by atoms with E-state index in [0.717, 1.165) is 25.1 Å². The van der Waals surface area contributed by atoms with Crippen LogP contribution in [-0.2, 0) is 6.54 Å². The molecule has 0 spiro atoms. The highest BCUT2D eigenvalue weighted by Crippen LogP contribution is 2.37. The minimum absolute atomic E-state index is 0.158. The second-order valence-corrected chi connectivity index (χ2v) is 7.62. The molecule has 0 aliphatic carbocycles. The maximum Gasteiger partial charge on any atom is 0.274 e. The fourth-order valence-electron chi connectivity index (χ4n) is 3.66. The van der Waals surface area contributed by atoms with E-state index in [0.29, 0.717) is 23.8 Å². The third-order valence-corrected chi connectivity index (χ3v) is 5.76. The Bertz CT molecular complexity index is 985. The Morgan fingerprint density at radius 3 is 2.96 bits per heavy atom. The third-order valence-electron chi connectivity index (χ3n) is 4.98. The Hall–Kier alpha value is -3.04. The van der Waals surface area contributed by atoms with Gasteiger partial charge in [0.15, 0.2) is 5.13 Å². The molecule has 6 heteroatoms. The summed E-state index contributed by atoms with van der Waals surface area (Å²) in [7, 11) is 0. The molecular formula is C22H22N4OS. The number of hydrogen-bond acceptors (Lipinski definition) is 4. The average molecular weight is 391 g/mol. The van der Waals surface area contributed by atoms with Gasteiger partial charge >= 0.3 is 0 Å². The van der Waals surface area contributed by atoms with Crippen molar-refractivity contribution in [3.8, 4) is 12.3 Å². The monoisotopic (exact) mass is 390 g/mol. The number of carbonyl (C=O) groups excluding carboxylic acids is 1. The first-order valence-electron chi connectivity index (χ1n) is 9.43. The number of anilines is 2. The number of aromatic nitrogens is 2. The summed E-state index contributed by atoms with van der Waals surface area (Å²) in [5.41, 5.74) is 2.83. The highest BCUT2D eigenvalue weighted by Gasteiger charge is 2.28. The zero-order valence-corrected chi connectivity index (χ0v) is 16.4. The molecule has 1 amide bonds. The molecule has 1 aromatic carbocycles. The highest BCUT2D eigenvalue weighted by molar-refractivity contribution is 7.14. The molecule has 5 nitrogen and oxygen atoms in total. The molecule has 1 fully saturated rings. The second-order valence-electron chi connectivity index (χ2n) is 6.76. The smallest absolute Gasteiger partial charge is 0.274 e. The Labute approximate surface area is 169 Å². The lowest BCUT2D eigenvalue weighted by Crippen LogP contribution is -2.22. The molecule has 0 radical (unpaired) electrons. The molecule has 1 atom stereocenters. The fraction of sp³-hybridized carbons (Fsp3) is 0.273. The molecule has 28 heavy (non-hydrogen) atoms. The number of amides is 1. The number of terminal acetylenes is 1. The second kappa shape index (κ2) is 8.32. The molecule has 3 aromatic rings. The van der Waals surface area contributed by atoms with Crippen LogP contribution in [0.5, 0.6) is 0 Å². The van der Waals surface area contributed by atoms with Crippen LogP contribution in [0, 0.1) is 12.3 Å². The summed E-state index contributed by atoms with van der Waals surface area (Å²) in [4.78, 5) is 19.8. The molecule has 4 rings (SSSR count). The van der Waals surface area contributed by atoms with Crippen molar-refractivity contribution in [1.29, 1.82) is 0 Å². The van der Waals surface area contributed by atoms with Crippen LogP contribution in [-0.4, -0.2) is 22.0 Å². The Kier molecular flexibility index (Phi) is 5.45. The largest absolute Gasteiger partial charge is 0.363 e. The van der Waals surface area contributed by atoms with Gasteiger partial charge in [-0.3, -0.25) is 10.1 Å². The van der Waals surface area contributed by atoms with E-state index in [4.69, 9.17) is 11.4 Å². The first kappa shape index (κ1) is 18.3. The molecule has 1 N–H and O–H groups in total. The molecule has 2 aromatic heterocycles.